The van der Waals surface area contributed by atoms with Crippen molar-refractivity contribution < 1.29 is 26.3 Å². The highest BCUT2D eigenvalue weighted by Gasteiger charge is 2.29. The van der Waals surface area contributed by atoms with Crippen LogP contribution in [0.4, 0.5) is 13.2 Å². The second kappa shape index (κ2) is 7.50. The first-order valence-corrected chi connectivity index (χ1v) is 8.78. The molecule has 130 valence electrons. The maximum absolute atomic E-state index is 13.7. The monoisotopic (exact) mass is 352 g/mol. The number of hydrogen-bond donors (Lipinski definition) is 2. The van der Waals surface area contributed by atoms with Gasteiger partial charge in [0.05, 0.1) is 4.90 Å². The second-order valence-corrected chi connectivity index (χ2v) is 7.19. The molecule has 0 aromatic heterocycles. The van der Waals surface area contributed by atoms with Crippen LogP contribution in [0.25, 0.3) is 0 Å². The Morgan fingerprint density at radius 1 is 1.30 bits per heavy atom. The molecular formula is C14H19F3N2O3S. The zero-order chi connectivity index (χ0) is 17.0. The Kier molecular flexibility index (Phi) is 5.88. The van der Waals surface area contributed by atoms with Crippen molar-refractivity contribution in [2.45, 2.75) is 43.2 Å². The van der Waals surface area contributed by atoms with E-state index in [1.54, 1.807) is 0 Å². The lowest BCUT2D eigenvalue weighted by Gasteiger charge is -2.23. The third kappa shape index (κ3) is 4.58. The standard InChI is InChI=1S/C14H19F3N2O3S/c15-11-7-10(5-6-13(11)22-14(16)17)23(20,21)19-12(8-18)9-3-1-2-4-9/h5-7,9,12,14,19H,1-4,8,18H2. The van der Waals surface area contributed by atoms with Gasteiger partial charge in [-0.15, -0.1) is 0 Å². The molecule has 1 atom stereocenters. The highest BCUT2D eigenvalue weighted by Crippen LogP contribution is 2.29. The number of hydrogen-bond acceptors (Lipinski definition) is 4. The number of halogens is 3. The van der Waals surface area contributed by atoms with Gasteiger partial charge < -0.3 is 10.5 Å². The zero-order valence-corrected chi connectivity index (χ0v) is 13.2. The van der Waals surface area contributed by atoms with Crippen LogP contribution in [0.3, 0.4) is 0 Å². The first kappa shape index (κ1) is 18.0. The molecule has 0 amide bonds. The molecule has 0 saturated heterocycles. The minimum atomic E-state index is -3.99. The summed E-state index contributed by atoms with van der Waals surface area (Å²) in [6.07, 6.45) is 3.83. The first-order valence-electron chi connectivity index (χ1n) is 7.30. The summed E-state index contributed by atoms with van der Waals surface area (Å²) >= 11 is 0. The number of nitrogens with two attached hydrogens (primary N) is 1. The maximum atomic E-state index is 13.7. The maximum Gasteiger partial charge on any atom is 0.387 e. The molecule has 0 aliphatic heterocycles. The van der Waals surface area contributed by atoms with Crippen molar-refractivity contribution in [3.63, 3.8) is 0 Å². The van der Waals surface area contributed by atoms with E-state index in [0.717, 1.165) is 37.8 Å². The van der Waals surface area contributed by atoms with E-state index in [9.17, 15) is 21.6 Å². The topological polar surface area (TPSA) is 81.4 Å². The van der Waals surface area contributed by atoms with Gasteiger partial charge in [-0.25, -0.2) is 17.5 Å². The van der Waals surface area contributed by atoms with Crippen molar-refractivity contribution in [1.82, 2.24) is 4.72 Å². The molecule has 9 heteroatoms. The van der Waals surface area contributed by atoms with Gasteiger partial charge in [0, 0.05) is 12.6 Å². The van der Waals surface area contributed by atoms with Crippen LogP contribution in [0, 0.1) is 11.7 Å². The summed E-state index contributed by atoms with van der Waals surface area (Å²) in [5.41, 5.74) is 5.64. The number of nitrogens with one attached hydrogen (secondary N) is 1. The molecule has 1 fully saturated rings. The molecule has 1 aromatic rings. The van der Waals surface area contributed by atoms with Gasteiger partial charge in [-0.1, -0.05) is 12.8 Å². The van der Waals surface area contributed by atoms with Crippen molar-refractivity contribution in [2.75, 3.05) is 6.54 Å². The predicted octanol–water partition coefficient (Wildman–Crippen LogP) is 2.22. The Bertz CT molecular complexity index is 634. The Balaban J connectivity index is 2.16. The summed E-state index contributed by atoms with van der Waals surface area (Å²) in [4.78, 5) is -0.354. The molecule has 1 aromatic carbocycles. The molecule has 0 spiro atoms. The van der Waals surface area contributed by atoms with Crippen molar-refractivity contribution in [1.29, 1.82) is 0 Å². The number of alkyl halides is 2. The van der Waals surface area contributed by atoms with Crippen LogP contribution in [0.1, 0.15) is 25.7 Å². The number of sulfonamides is 1. The van der Waals surface area contributed by atoms with Crippen LogP contribution < -0.4 is 15.2 Å². The van der Waals surface area contributed by atoms with Crippen LogP contribution >= 0.6 is 0 Å². The fourth-order valence-electron chi connectivity index (χ4n) is 2.80. The molecule has 0 bridgehead atoms. The summed E-state index contributed by atoms with van der Waals surface area (Å²) in [7, 11) is -3.99. The highest BCUT2D eigenvalue weighted by atomic mass is 32.2. The number of ether oxygens (including phenoxy) is 1. The van der Waals surface area contributed by atoms with Crippen LogP contribution in [0.15, 0.2) is 23.1 Å². The highest BCUT2D eigenvalue weighted by molar-refractivity contribution is 7.89. The lowest BCUT2D eigenvalue weighted by atomic mass is 9.99. The summed E-state index contributed by atoms with van der Waals surface area (Å²) in [5.74, 6) is -1.72. The van der Waals surface area contributed by atoms with Gasteiger partial charge in [0.15, 0.2) is 11.6 Å². The van der Waals surface area contributed by atoms with Crippen LogP contribution in [-0.2, 0) is 10.0 Å². The SMILES string of the molecule is NCC(NS(=O)(=O)c1ccc(OC(F)F)c(F)c1)C1CCCC1. The van der Waals surface area contributed by atoms with Crippen molar-refractivity contribution in [3.05, 3.63) is 24.0 Å². The molecular weight excluding hydrogens is 333 g/mol. The zero-order valence-electron chi connectivity index (χ0n) is 12.3. The second-order valence-electron chi connectivity index (χ2n) is 5.48. The number of rotatable bonds is 7. The summed E-state index contributed by atoms with van der Waals surface area (Å²) in [5, 5.41) is 0. The fraction of sp³-hybridized carbons (Fsp3) is 0.571. The lowest BCUT2D eigenvalue weighted by molar-refractivity contribution is -0.0522. The first-order chi connectivity index (χ1) is 10.8. The summed E-state index contributed by atoms with van der Waals surface area (Å²) in [6.45, 7) is -3.05. The van der Waals surface area contributed by atoms with Gasteiger partial charge in [-0.3, -0.25) is 0 Å². The van der Waals surface area contributed by atoms with Gasteiger partial charge in [-0.05, 0) is 37.0 Å². The third-order valence-electron chi connectivity index (χ3n) is 3.96. The van der Waals surface area contributed by atoms with E-state index in [4.69, 9.17) is 5.73 Å². The van der Waals surface area contributed by atoms with E-state index >= 15 is 0 Å². The smallest absolute Gasteiger partial charge is 0.387 e. The van der Waals surface area contributed by atoms with E-state index in [1.807, 2.05) is 0 Å². The van der Waals surface area contributed by atoms with Crippen molar-refractivity contribution in [2.24, 2.45) is 11.7 Å². The van der Waals surface area contributed by atoms with Crippen LogP contribution in [0.5, 0.6) is 5.75 Å². The molecule has 3 N–H and O–H groups in total. The molecule has 1 unspecified atom stereocenters. The summed E-state index contributed by atoms with van der Waals surface area (Å²) in [6, 6.07) is 2.11. The van der Waals surface area contributed by atoms with E-state index in [2.05, 4.69) is 9.46 Å². The molecule has 23 heavy (non-hydrogen) atoms. The Hall–Kier alpha value is -1.32. The molecule has 1 saturated carbocycles. The van der Waals surface area contributed by atoms with E-state index < -0.39 is 34.2 Å². The Labute approximate surface area is 133 Å². The summed E-state index contributed by atoms with van der Waals surface area (Å²) < 4.78 is 68.9. The quantitative estimate of drug-likeness (QED) is 0.788. The van der Waals surface area contributed by atoms with E-state index in [0.29, 0.717) is 6.07 Å². The van der Waals surface area contributed by atoms with Crippen molar-refractivity contribution >= 4 is 10.0 Å². The molecule has 0 radical (unpaired) electrons. The average molecular weight is 352 g/mol. The van der Waals surface area contributed by atoms with Gasteiger partial charge in [0.25, 0.3) is 0 Å². The minimum Gasteiger partial charge on any atom is -0.432 e. The van der Waals surface area contributed by atoms with Gasteiger partial charge in [-0.2, -0.15) is 8.78 Å². The van der Waals surface area contributed by atoms with E-state index in [-0.39, 0.29) is 17.4 Å². The van der Waals surface area contributed by atoms with Crippen LogP contribution in [-0.4, -0.2) is 27.6 Å². The molecule has 5 nitrogen and oxygen atoms in total. The van der Waals surface area contributed by atoms with Crippen molar-refractivity contribution in [3.8, 4) is 5.75 Å². The predicted molar refractivity (Wildman–Crippen MR) is 78.2 cm³/mol. The normalized spacial score (nSPS) is 17.6. The minimum absolute atomic E-state index is 0.138. The molecule has 1 aliphatic carbocycles. The van der Waals surface area contributed by atoms with Gasteiger partial charge >= 0.3 is 6.61 Å². The molecule has 2 rings (SSSR count). The fourth-order valence-corrected chi connectivity index (χ4v) is 4.13. The van der Waals surface area contributed by atoms with Gasteiger partial charge in [0.2, 0.25) is 10.0 Å². The molecule has 1 aliphatic rings. The van der Waals surface area contributed by atoms with Gasteiger partial charge in [0.1, 0.15) is 0 Å². The lowest BCUT2D eigenvalue weighted by Crippen LogP contribution is -2.44. The Morgan fingerprint density at radius 2 is 1.96 bits per heavy atom. The molecule has 0 heterocycles. The van der Waals surface area contributed by atoms with E-state index in [1.165, 1.54) is 0 Å². The third-order valence-corrected chi connectivity index (χ3v) is 5.45. The number of benzene rings is 1. The Morgan fingerprint density at radius 3 is 2.48 bits per heavy atom. The average Bonchev–Trinajstić information content (AvgIpc) is 3.00. The largest absolute Gasteiger partial charge is 0.432 e. The van der Waals surface area contributed by atoms with Crippen LogP contribution in [0.2, 0.25) is 0 Å².